The van der Waals surface area contributed by atoms with Crippen molar-refractivity contribution in [1.29, 1.82) is 0 Å². The van der Waals surface area contributed by atoms with E-state index in [-0.39, 0.29) is 0 Å². The lowest BCUT2D eigenvalue weighted by Crippen LogP contribution is -2.10. The summed E-state index contributed by atoms with van der Waals surface area (Å²) in [5.41, 5.74) is 12.4. The molecule has 2 heteroatoms. The van der Waals surface area contributed by atoms with Crippen LogP contribution in [0, 0.1) is 13.8 Å². The fraction of sp³-hybridized carbons (Fsp3) is 0.0526. The molecule has 1 aromatic heterocycles. The second-order valence-electron chi connectivity index (χ2n) is 10.4. The Labute approximate surface area is 234 Å². The van der Waals surface area contributed by atoms with Crippen LogP contribution >= 0.6 is 0 Å². The minimum absolute atomic E-state index is 0.906. The summed E-state index contributed by atoms with van der Waals surface area (Å²) in [7, 11) is 0. The summed E-state index contributed by atoms with van der Waals surface area (Å²) in [6.07, 6.45) is 0. The van der Waals surface area contributed by atoms with Gasteiger partial charge in [0.05, 0.1) is 0 Å². The zero-order valence-electron chi connectivity index (χ0n) is 22.6. The predicted molar refractivity (Wildman–Crippen MR) is 169 cm³/mol. The molecule has 0 unspecified atom stereocenters. The molecule has 40 heavy (non-hydrogen) atoms. The highest BCUT2D eigenvalue weighted by Crippen LogP contribution is 2.42. The van der Waals surface area contributed by atoms with E-state index in [0.29, 0.717) is 0 Å². The number of rotatable bonds is 5. The molecule has 0 N–H and O–H groups in total. The molecule has 0 aliphatic carbocycles. The van der Waals surface area contributed by atoms with Crippen LogP contribution in [0.15, 0.2) is 144 Å². The normalized spacial score (nSPS) is 11.2. The van der Waals surface area contributed by atoms with Crippen LogP contribution in [0.3, 0.4) is 0 Å². The minimum Gasteiger partial charge on any atom is -0.456 e. The Hall–Kier alpha value is -5.08. The summed E-state index contributed by atoms with van der Waals surface area (Å²) < 4.78 is 6.15. The fourth-order valence-electron chi connectivity index (χ4n) is 5.51. The highest BCUT2D eigenvalue weighted by Gasteiger charge is 2.17. The van der Waals surface area contributed by atoms with E-state index in [1.807, 2.05) is 12.1 Å². The first-order valence-electron chi connectivity index (χ1n) is 13.7. The molecule has 7 aromatic rings. The van der Waals surface area contributed by atoms with Crippen molar-refractivity contribution >= 4 is 39.0 Å². The van der Waals surface area contributed by atoms with E-state index in [9.17, 15) is 0 Å². The Kier molecular flexibility index (Phi) is 5.94. The summed E-state index contributed by atoms with van der Waals surface area (Å²) in [5, 5.41) is 2.27. The third-order valence-electron chi connectivity index (χ3n) is 7.62. The van der Waals surface area contributed by atoms with Gasteiger partial charge in [0.2, 0.25) is 0 Å². The molecule has 192 valence electrons. The second kappa shape index (κ2) is 9.91. The van der Waals surface area contributed by atoms with Gasteiger partial charge >= 0.3 is 0 Å². The lowest BCUT2D eigenvalue weighted by atomic mass is 9.92. The molecule has 0 aliphatic rings. The van der Waals surface area contributed by atoms with Gasteiger partial charge in [-0.3, -0.25) is 0 Å². The Morgan fingerprint density at radius 1 is 0.425 bits per heavy atom. The molecule has 0 bridgehead atoms. The molecule has 2 nitrogen and oxygen atoms in total. The maximum absolute atomic E-state index is 6.15. The lowest BCUT2D eigenvalue weighted by molar-refractivity contribution is 0.669. The molecular weight excluding hydrogens is 486 g/mol. The van der Waals surface area contributed by atoms with Gasteiger partial charge in [-0.15, -0.1) is 0 Å². The topological polar surface area (TPSA) is 16.4 Å². The van der Waals surface area contributed by atoms with E-state index in [4.69, 9.17) is 4.42 Å². The van der Waals surface area contributed by atoms with E-state index in [0.717, 1.165) is 44.6 Å². The third-order valence-corrected chi connectivity index (χ3v) is 7.62. The summed E-state index contributed by atoms with van der Waals surface area (Å²) in [6, 6.07) is 49.8. The van der Waals surface area contributed by atoms with Crippen LogP contribution in [-0.4, -0.2) is 0 Å². The van der Waals surface area contributed by atoms with E-state index in [2.05, 4.69) is 146 Å². The first-order chi connectivity index (χ1) is 19.6. The number of fused-ring (bicyclic) bond motifs is 3. The van der Waals surface area contributed by atoms with Crippen LogP contribution in [0.4, 0.5) is 17.1 Å². The van der Waals surface area contributed by atoms with E-state index < -0.39 is 0 Å². The molecule has 1 heterocycles. The SMILES string of the molecule is Cc1ccc(N(c2ccc(C)cc2)c2ccc(-c3ccccc3)c(-c3ccc4oc5ccccc5c4c3)c2)cc1. The van der Waals surface area contributed by atoms with Crippen molar-refractivity contribution < 1.29 is 4.42 Å². The Morgan fingerprint density at radius 3 is 1.73 bits per heavy atom. The average Bonchev–Trinajstić information content (AvgIpc) is 3.38. The molecule has 0 saturated carbocycles. The van der Waals surface area contributed by atoms with Crippen molar-refractivity contribution in [2.24, 2.45) is 0 Å². The zero-order chi connectivity index (χ0) is 27.1. The number of anilines is 3. The van der Waals surface area contributed by atoms with Crippen molar-refractivity contribution in [3.8, 4) is 22.3 Å². The number of hydrogen-bond donors (Lipinski definition) is 0. The molecule has 0 fully saturated rings. The zero-order valence-corrected chi connectivity index (χ0v) is 22.6. The summed E-state index contributed by atoms with van der Waals surface area (Å²) in [6.45, 7) is 4.25. The summed E-state index contributed by atoms with van der Waals surface area (Å²) >= 11 is 0. The average molecular weight is 516 g/mol. The monoisotopic (exact) mass is 515 g/mol. The standard InChI is InChI=1S/C38H29NO/c1-26-12-17-30(18-13-26)39(31-19-14-27(2)15-20-31)32-21-22-33(28-8-4-3-5-9-28)35(25-32)29-16-23-38-36(24-29)34-10-6-7-11-37(34)40-38/h3-25H,1-2H3. The van der Waals surface area contributed by atoms with Crippen molar-refractivity contribution in [1.82, 2.24) is 0 Å². The van der Waals surface area contributed by atoms with Crippen LogP contribution in [0.2, 0.25) is 0 Å². The number of benzene rings is 6. The molecular formula is C38H29NO. The first kappa shape index (κ1) is 24.0. The summed E-state index contributed by atoms with van der Waals surface area (Å²) in [5.74, 6) is 0. The van der Waals surface area contributed by atoms with Crippen LogP contribution < -0.4 is 4.90 Å². The Morgan fingerprint density at radius 2 is 1.02 bits per heavy atom. The summed E-state index contributed by atoms with van der Waals surface area (Å²) in [4.78, 5) is 2.34. The smallest absolute Gasteiger partial charge is 0.135 e. The highest BCUT2D eigenvalue weighted by atomic mass is 16.3. The highest BCUT2D eigenvalue weighted by molar-refractivity contribution is 6.07. The number of nitrogens with zero attached hydrogens (tertiary/aromatic N) is 1. The number of para-hydroxylation sites is 1. The molecule has 0 aliphatic heterocycles. The Balaban J connectivity index is 1.46. The quantitative estimate of drug-likeness (QED) is 0.227. The molecule has 0 saturated heterocycles. The van der Waals surface area contributed by atoms with Crippen molar-refractivity contribution in [2.45, 2.75) is 13.8 Å². The maximum Gasteiger partial charge on any atom is 0.135 e. The van der Waals surface area contributed by atoms with Crippen LogP contribution in [0.1, 0.15) is 11.1 Å². The van der Waals surface area contributed by atoms with Crippen molar-refractivity contribution in [3.63, 3.8) is 0 Å². The third kappa shape index (κ3) is 4.34. The van der Waals surface area contributed by atoms with Crippen LogP contribution in [0.25, 0.3) is 44.2 Å². The second-order valence-corrected chi connectivity index (χ2v) is 10.4. The van der Waals surface area contributed by atoms with Crippen molar-refractivity contribution in [2.75, 3.05) is 4.90 Å². The van der Waals surface area contributed by atoms with Crippen LogP contribution in [-0.2, 0) is 0 Å². The van der Waals surface area contributed by atoms with Gasteiger partial charge in [-0.25, -0.2) is 0 Å². The number of aryl methyl sites for hydroxylation is 2. The van der Waals surface area contributed by atoms with Gasteiger partial charge in [-0.05, 0) is 90.7 Å². The first-order valence-corrected chi connectivity index (χ1v) is 13.7. The molecule has 6 aromatic carbocycles. The van der Waals surface area contributed by atoms with E-state index in [1.54, 1.807) is 0 Å². The van der Waals surface area contributed by atoms with E-state index in [1.165, 1.54) is 27.8 Å². The molecule has 0 spiro atoms. The Bertz CT molecular complexity index is 1900. The predicted octanol–water partition coefficient (Wildman–Crippen LogP) is 11.0. The largest absolute Gasteiger partial charge is 0.456 e. The molecule has 0 amide bonds. The van der Waals surface area contributed by atoms with Gasteiger partial charge in [-0.2, -0.15) is 0 Å². The van der Waals surface area contributed by atoms with Gasteiger partial charge in [0.15, 0.2) is 0 Å². The number of hydrogen-bond acceptors (Lipinski definition) is 2. The van der Waals surface area contributed by atoms with Crippen LogP contribution in [0.5, 0.6) is 0 Å². The lowest BCUT2D eigenvalue weighted by Gasteiger charge is -2.27. The molecule has 7 rings (SSSR count). The fourth-order valence-corrected chi connectivity index (χ4v) is 5.51. The van der Waals surface area contributed by atoms with Gasteiger partial charge in [0.25, 0.3) is 0 Å². The van der Waals surface area contributed by atoms with Gasteiger partial charge in [-0.1, -0.05) is 96.1 Å². The minimum atomic E-state index is 0.906. The van der Waals surface area contributed by atoms with Gasteiger partial charge in [0, 0.05) is 27.8 Å². The molecule has 0 radical (unpaired) electrons. The van der Waals surface area contributed by atoms with Gasteiger partial charge < -0.3 is 9.32 Å². The molecule has 0 atom stereocenters. The maximum atomic E-state index is 6.15. The number of furan rings is 1. The van der Waals surface area contributed by atoms with Gasteiger partial charge in [0.1, 0.15) is 11.2 Å². The van der Waals surface area contributed by atoms with E-state index >= 15 is 0 Å². The van der Waals surface area contributed by atoms with Crippen molar-refractivity contribution in [3.05, 3.63) is 151 Å².